The minimum Gasteiger partial charge on any atom is -0.334 e. The smallest absolute Gasteiger partial charge is 0.334 e. The van der Waals surface area contributed by atoms with Gasteiger partial charge in [0.15, 0.2) is 6.29 Å². The molecule has 0 unspecified atom stereocenters. The molecule has 1 aromatic heterocycles. The van der Waals surface area contributed by atoms with Gasteiger partial charge in [0, 0.05) is 12.7 Å². The lowest BCUT2D eigenvalue weighted by Crippen LogP contribution is -2.16. The van der Waals surface area contributed by atoms with E-state index in [1.165, 1.54) is 17.1 Å². The van der Waals surface area contributed by atoms with Crippen LogP contribution in [0.4, 0.5) is 13.2 Å². The van der Waals surface area contributed by atoms with Crippen LogP contribution < -0.4 is 0 Å². The predicted octanol–water partition coefficient (Wildman–Crippen LogP) is 1.23. The van der Waals surface area contributed by atoms with E-state index in [1.54, 1.807) is 0 Å². The Labute approximate surface area is 77.3 Å². The number of alkyl halides is 3. The van der Waals surface area contributed by atoms with E-state index in [2.05, 4.69) is 9.72 Å². The average molecular weight is 208 g/mol. The standard InChI is InChI=1S/C7H7F3N2O2/c8-7(9,10)14-2-1-12-3-6(4-13)11-5-12/h3-5H,1-2H2. The number of imidazole rings is 1. The summed E-state index contributed by atoms with van der Waals surface area (Å²) >= 11 is 0. The summed E-state index contributed by atoms with van der Waals surface area (Å²) in [5, 5.41) is 0. The second-order valence-corrected chi connectivity index (χ2v) is 2.45. The Morgan fingerprint density at radius 2 is 2.29 bits per heavy atom. The van der Waals surface area contributed by atoms with Crippen molar-refractivity contribution in [3.63, 3.8) is 0 Å². The Hall–Kier alpha value is -1.37. The van der Waals surface area contributed by atoms with Gasteiger partial charge in [0.1, 0.15) is 5.69 Å². The zero-order chi connectivity index (χ0) is 10.6. The maximum Gasteiger partial charge on any atom is 0.522 e. The van der Waals surface area contributed by atoms with E-state index in [1.807, 2.05) is 0 Å². The molecule has 7 heteroatoms. The Bertz CT molecular complexity index is 308. The van der Waals surface area contributed by atoms with Gasteiger partial charge in [-0.3, -0.25) is 9.53 Å². The molecule has 14 heavy (non-hydrogen) atoms. The highest BCUT2D eigenvalue weighted by molar-refractivity contribution is 5.70. The van der Waals surface area contributed by atoms with Crippen LogP contribution in [0.2, 0.25) is 0 Å². The fourth-order valence-electron chi connectivity index (χ4n) is 0.827. The molecule has 78 valence electrons. The van der Waals surface area contributed by atoms with Crippen molar-refractivity contribution in [2.24, 2.45) is 0 Å². The van der Waals surface area contributed by atoms with Crippen molar-refractivity contribution >= 4 is 6.29 Å². The Balaban J connectivity index is 2.35. The Morgan fingerprint density at radius 1 is 1.57 bits per heavy atom. The normalized spacial score (nSPS) is 11.6. The maximum absolute atomic E-state index is 11.5. The molecule has 1 heterocycles. The van der Waals surface area contributed by atoms with Gasteiger partial charge in [0.05, 0.1) is 12.9 Å². The van der Waals surface area contributed by atoms with E-state index in [0.717, 1.165) is 0 Å². The number of halogens is 3. The molecule has 0 saturated heterocycles. The molecule has 0 aromatic carbocycles. The summed E-state index contributed by atoms with van der Waals surface area (Å²) in [6, 6.07) is 0. The highest BCUT2D eigenvalue weighted by Gasteiger charge is 2.28. The van der Waals surface area contributed by atoms with Crippen LogP contribution in [0.5, 0.6) is 0 Å². The summed E-state index contributed by atoms with van der Waals surface area (Å²) in [6.45, 7) is -0.501. The average Bonchev–Trinajstić information content (AvgIpc) is 2.50. The van der Waals surface area contributed by atoms with Gasteiger partial charge in [-0.05, 0) is 0 Å². The van der Waals surface area contributed by atoms with Gasteiger partial charge in [0.2, 0.25) is 0 Å². The number of carbonyl (C=O) groups is 1. The summed E-state index contributed by atoms with van der Waals surface area (Å²) in [4.78, 5) is 13.8. The number of rotatable bonds is 4. The molecule has 4 nitrogen and oxygen atoms in total. The van der Waals surface area contributed by atoms with Gasteiger partial charge in [-0.25, -0.2) is 4.98 Å². The topological polar surface area (TPSA) is 44.1 Å². The lowest BCUT2D eigenvalue weighted by Gasteiger charge is -2.06. The predicted molar refractivity (Wildman–Crippen MR) is 39.6 cm³/mol. The highest BCUT2D eigenvalue weighted by atomic mass is 19.4. The van der Waals surface area contributed by atoms with Crippen molar-refractivity contribution in [2.45, 2.75) is 12.9 Å². The summed E-state index contributed by atoms with van der Waals surface area (Å²) in [5.74, 6) is 0. The van der Waals surface area contributed by atoms with Crippen LogP contribution in [0, 0.1) is 0 Å². The highest BCUT2D eigenvalue weighted by Crippen LogP contribution is 2.15. The molecular formula is C7H7F3N2O2. The van der Waals surface area contributed by atoms with Gasteiger partial charge >= 0.3 is 6.36 Å². The van der Waals surface area contributed by atoms with E-state index in [9.17, 15) is 18.0 Å². The third-order valence-corrected chi connectivity index (χ3v) is 1.39. The van der Waals surface area contributed by atoms with Crippen LogP contribution in [0.3, 0.4) is 0 Å². The quantitative estimate of drug-likeness (QED) is 0.699. The molecule has 0 N–H and O–H groups in total. The van der Waals surface area contributed by atoms with Crippen LogP contribution in [0.25, 0.3) is 0 Å². The SMILES string of the molecule is O=Cc1cn(CCOC(F)(F)F)cn1. The summed E-state index contributed by atoms with van der Waals surface area (Å²) in [6.07, 6.45) is -1.49. The van der Waals surface area contributed by atoms with E-state index in [0.29, 0.717) is 6.29 Å². The van der Waals surface area contributed by atoms with Crippen LogP contribution in [-0.4, -0.2) is 28.8 Å². The number of hydrogen-bond donors (Lipinski definition) is 0. The summed E-state index contributed by atoms with van der Waals surface area (Å²) in [7, 11) is 0. The van der Waals surface area contributed by atoms with E-state index in [-0.39, 0.29) is 12.2 Å². The van der Waals surface area contributed by atoms with Gasteiger partial charge in [-0.15, -0.1) is 13.2 Å². The number of nitrogens with zero attached hydrogens (tertiary/aromatic N) is 2. The van der Waals surface area contributed by atoms with Crippen LogP contribution in [0.15, 0.2) is 12.5 Å². The first-order valence-electron chi connectivity index (χ1n) is 3.69. The van der Waals surface area contributed by atoms with Crippen LogP contribution in [-0.2, 0) is 11.3 Å². The van der Waals surface area contributed by atoms with Crippen molar-refractivity contribution in [1.82, 2.24) is 9.55 Å². The Kier molecular flexibility index (Phi) is 3.23. The lowest BCUT2D eigenvalue weighted by molar-refractivity contribution is -0.325. The molecule has 0 spiro atoms. The van der Waals surface area contributed by atoms with E-state index in [4.69, 9.17) is 0 Å². The molecule has 1 aromatic rings. The summed E-state index contributed by atoms with van der Waals surface area (Å²) in [5.41, 5.74) is 0.178. The van der Waals surface area contributed by atoms with Gasteiger partial charge in [-0.1, -0.05) is 0 Å². The summed E-state index contributed by atoms with van der Waals surface area (Å²) < 4.78 is 39.5. The number of aromatic nitrogens is 2. The van der Waals surface area contributed by atoms with Crippen molar-refractivity contribution in [3.05, 3.63) is 18.2 Å². The first-order valence-corrected chi connectivity index (χ1v) is 3.69. The van der Waals surface area contributed by atoms with Crippen LogP contribution >= 0.6 is 0 Å². The molecular weight excluding hydrogens is 201 g/mol. The number of carbonyl (C=O) groups excluding carboxylic acids is 1. The molecule has 0 atom stereocenters. The molecule has 0 radical (unpaired) electrons. The van der Waals surface area contributed by atoms with Crippen molar-refractivity contribution in [2.75, 3.05) is 6.61 Å². The number of hydrogen-bond acceptors (Lipinski definition) is 3. The van der Waals surface area contributed by atoms with Crippen molar-refractivity contribution in [1.29, 1.82) is 0 Å². The number of ether oxygens (including phenoxy) is 1. The zero-order valence-electron chi connectivity index (χ0n) is 6.99. The second-order valence-electron chi connectivity index (χ2n) is 2.45. The van der Waals surface area contributed by atoms with Crippen molar-refractivity contribution < 1.29 is 22.7 Å². The minimum atomic E-state index is -4.62. The fraction of sp³-hybridized carbons (Fsp3) is 0.429. The largest absolute Gasteiger partial charge is 0.522 e. The first kappa shape index (κ1) is 10.7. The number of aldehydes is 1. The van der Waals surface area contributed by atoms with Gasteiger partial charge in [0.25, 0.3) is 0 Å². The van der Waals surface area contributed by atoms with Crippen molar-refractivity contribution in [3.8, 4) is 0 Å². The molecule has 0 aliphatic heterocycles. The fourth-order valence-corrected chi connectivity index (χ4v) is 0.827. The molecule has 0 bridgehead atoms. The monoisotopic (exact) mass is 208 g/mol. The molecule has 0 amide bonds. The molecule has 0 fully saturated rings. The molecule has 0 aliphatic rings. The first-order chi connectivity index (χ1) is 6.51. The minimum absolute atomic E-state index is 0.000347. The third kappa shape index (κ3) is 3.56. The zero-order valence-corrected chi connectivity index (χ0v) is 6.99. The second kappa shape index (κ2) is 4.23. The van der Waals surface area contributed by atoms with Gasteiger partial charge < -0.3 is 4.57 Å². The lowest BCUT2D eigenvalue weighted by atomic mass is 10.5. The molecule has 0 saturated carbocycles. The van der Waals surface area contributed by atoms with E-state index >= 15 is 0 Å². The molecule has 0 aliphatic carbocycles. The van der Waals surface area contributed by atoms with Crippen LogP contribution in [0.1, 0.15) is 10.5 Å². The van der Waals surface area contributed by atoms with Gasteiger partial charge in [-0.2, -0.15) is 0 Å². The van der Waals surface area contributed by atoms with E-state index < -0.39 is 13.0 Å². The Morgan fingerprint density at radius 3 is 2.79 bits per heavy atom. The third-order valence-electron chi connectivity index (χ3n) is 1.39. The maximum atomic E-state index is 11.5. The molecule has 1 rings (SSSR count).